The quantitative estimate of drug-likeness (QED) is 0.876. The van der Waals surface area contributed by atoms with E-state index in [1.54, 1.807) is 4.90 Å². The van der Waals surface area contributed by atoms with Crippen LogP contribution in [0, 0.1) is 13.8 Å². The molecule has 1 aliphatic rings. The Morgan fingerprint density at radius 2 is 1.85 bits per heavy atom. The van der Waals surface area contributed by atoms with E-state index in [-0.39, 0.29) is 30.0 Å². The van der Waals surface area contributed by atoms with Gasteiger partial charge in [-0.1, -0.05) is 30.3 Å². The highest BCUT2D eigenvalue weighted by Crippen LogP contribution is 2.25. The molecule has 1 saturated heterocycles. The van der Waals surface area contributed by atoms with Crippen LogP contribution in [0.2, 0.25) is 0 Å². The van der Waals surface area contributed by atoms with Gasteiger partial charge in [-0.25, -0.2) is 8.42 Å². The smallest absolute Gasteiger partial charge is 0.246 e. The third-order valence-corrected chi connectivity index (χ3v) is 6.66. The Morgan fingerprint density at radius 1 is 1.12 bits per heavy atom. The van der Waals surface area contributed by atoms with Gasteiger partial charge >= 0.3 is 0 Å². The first-order chi connectivity index (χ1) is 12.4. The Balaban J connectivity index is 1.80. The van der Waals surface area contributed by atoms with E-state index in [1.807, 2.05) is 62.4 Å². The van der Waals surface area contributed by atoms with Crippen LogP contribution in [0.25, 0.3) is 0 Å². The highest BCUT2D eigenvalue weighted by atomic mass is 32.2. The summed E-state index contributed by atoms with van der Waals surface area (Å²) in [4.78, 5) is 14.6. The zero-order chi connectivity index (χ0) is 18.7. The monoisotopic (exact) mass is 372 g/mol. The second-order valence-corrected chi connectivity index (χ2v) is 8.99. The van der Waals surface area contributed by atoms with Crippen LogP contribution >= 0.6 is 0 Å². The largest absolute Gasteiger partial charge is 0.376 e. The van der Waals surface area contributed by atoms with Crippen LogP contribution in [0.3, 0.4) is 0 Å². The zero-order valence-corrected chi connectivity index (χ0v) is 15.9. The number of carbonyl (C=O) groups is 1. The summed E-state index contributed by atoms with van der Waals surface area (Å²) in [6.07, 6.45) is 0.479. The Labute approximate surface area is 154 Å². The van der Waals surface area contributed by atoms with E-state index in [0.29, 0.717) is 6.42 Å². The summed E-state index contributed by atoms with van der Waals surface area (Å²) in [6, 6.07) is 14.9. The molecule has 0 spiro atoms. The lowest BCUT2D eigenvalue weighted by atomic mass is 10.1. The van der Waals surface area contributed by atoms with Crippen molar-refractivity contribution in [1.82, 2.24) is 0 Å². The molecule has 3 rings (SSSR count). The van der Waals surface area contributed by atoms with Gasteiger partial charge in [-0.15, -0.1) is 0 Å². The number of aryl methyl sites for hydroxylation is 1. The van der Waals surface area contributed by atoms with E-state index >= 15 is 0 Å². The molecule has 138 valence electrons. The summed E-state index contributed by atoms with van der Waals surface area (Å²) in [7, 11) is -3.08. The highest BCUT2D eigenvalue weighted by Gasteiger charge is 2.35. The zero-order valence-electron chi connectivity index (χ0n) is 15.1. The third-order valence-electron chi connectivity index (χ3n) is 4.91. The van der Waals surface area contributed by atoms with Gasteiger partial charge in [0, 0.05) is 11.4 Å². The van der Waals surface area contributed by atoms with Gasteiger partial charge in [0.25, 0.3) is 0 Å². The number of hydrogen-bond acceptors (Lipinski definition) is 4. The van der Waals surface area contributed by atoms with Gasteiger partial charge in [0.15, 0.2) is 9.84 Å². The van der Waals surface area contributed by atoms with Crippen LogP contribution in [0.4, 0.5) is 11.4 Å². The van der Waals surface area contributed by atoms with Crippen LogP contribution in [-0.4, -0.2) is 38.4 Å². The molecular weight excluding hydrogens is 348 g/mol. The first-order valence-corrected chi connectivity index (χ1v) is 10.6. The first kappa shape index (κ1) is 18.5. The number of sulfone groups is 1. The standard InChI is InChI=1S/C20H24N2O3S/c1-15-7-6-10-19(16(15)2)21-13-20(23)22(17-8-4-3-5-9-17)18-11-12-26(24,25)14-18/h3-10,18,21H,11-14H2,1-2H3. The van der Waals surface area contributed by atoms with Crippen molar-refractivity contribution in [3.05, 3.63) is 59.7 Å². The number of anilines is 2. The van der Waals surface area contributed by atoms with Crippen molar-refractivity contribution >= 4 is 27.1 Å². The van der Waals surface area contributed by atoms with Gasteiger partial charge in [0.1, 0.15) is 0 Å². The van der Waals surface area contributed by atoms with Crippen molar-refractivity contribution in [2.24, 2.45) is 0 Å². The first-order valence-electron chi connectivity index (χ1n) is 8.75. The average Bonchev–Trinajstić information content (AvgIpc) is 2.97. The number of carbonyl (C=O) groups excluding carboxylic acids is 1. The summed E-state index contributed by atoms with van der Waals surface area (Å²) in [5, 5.41) is 3.21. The maximum Gasteiger partial charge on any atom is 0.246 e. The molecule has 6 heteroatoms. The second-order valence-electron chi connectivity index (χ2n) is 6.76. The van der Waals surface area contributed by atoms with Crippen molar-refractivity contribution in [2.45, 2.75) is 26.3 Å². The second kappa shape index (κ2) is 7.50. The number of para-hydroxylation sites is 1. The molecule has 0 radical (unpaired) electrons. The van der Waals surface area contributed by atoms with Crippen molar-refractivity contribution in [3.63, 3.8) is 0 Å². The molecule has 1 unspecified atom stereocenters. The molecular formula is C20H24N2O3S. The van der Waals surface area contributed by atoms with Gasteiger partial charge in [0.2, 0.25) is 5.91 Å². The summed E-state index contributed by atoms with van der Waals surface area (Å²) >= 11 is 0. The van der Waals surface area contributed by atoms with Crippen molar-refractivity contribution < 1.29 is 13.2 Å². The van der Waals surface area contributed by atoms with Crippen molar-refractivity contribution in [1.29, 1.82) is 0 Å². The Kier molecular flexibility index (Phi) is 5.32. The van der Waals surface area contributed by atoms with E-state index in [1.165, 1.54) is 0 Å². The van der Waals surface area contributed by atoms with E-state index in [2.05, 4.69) is 5.32 Å². The third kappa shape index (κ3) is 4.07. The van der Waals surface area contributed by atoms with Gasteiger partial charge in [-0.05, 0) is 49.6 Å². The SMILES string of the molecule is Cc1cccc(NCC(=O)N(c2ccccc2)C2CCS(=O)(=O)C2)c1C. The number of amides is 1. The Bertz CT molecular complexity index is 895. The van der Waals surface area contributed by atoms with Crippen LogP contribution in [0.5, 0.6) is 0 Å². The summed E-state index contributed by atoms with van der Waals surface area (Å²) < 4.78 is 23.8. The van der Waals surface area contributed by atoms with Gasteiger partial charge in [-0.2, -0.15) is 0 Å². The van der Waals surface area contributed by atoms with Crippen LogP contribution in [-0.2, 0) is 14.6 Å². The number of benzene rings is 2. The maximum atomic E-state index is 13.0. The van der Waals surface area contributed by atoms with E-state index in [9.17, 15) is 13.2 Å². The lowest BCUT2D eigenvalue weighted by molar-refractivity contribution is -0.117. The molecule has 0 bridgehead atoms. The molecule has 0 saturated carbocycles. The molecule has 26 heavy (non-hydrogen) atoms. The molecule has 1 aliphatic heterocycles. The number of nitrogens with one attached hydrogen (secondary N) is 1. The van der Waals surface area contributed by atoms with Crippen LogP contribution in [0.1, 0.15) is 17.5 Å². The lowest BCUT2D eigenvalue weighted by Gasteiger charge is -2.29. The highest BCUT2D eigenvalue weighted by molar-refractivity contribution is 7.91. The Hall–Kier alpha value is -2.34. The fourth-order valence-electron chi connectivity index (χ4n) is 3.32. The number of nitrogens with zero attached hydrogens (tertiary/aromatic N) is 1. The molecule has 1 amide bonds. The molecule has 1 fully saturated rings. The van der Waals surface area contributed by atoms with Gasteiger partial charge in [0.05, 0.1) is 24.1 Å². The minimum atomic E-state index is -3.08. The molecule has 1 atom stereocenters. The summed E-state index contributed by atoms with van der Waals surface area (Å²) in [5.74, 6) is 0.0368. The molecule has 0 aliphatic carbocycles. The topological polar surface area (TPSA) is 66.5 Å². The fraction of sp³-hybridized carbons (Fsp3) is 0.350. The van der Waals surface area contributed by atoms with Gasteiger partial charge in [-0.3, -0.25) is 4.79 Å². The van der Waals surface area contributed by atoms with Gasteiger partial charge < -0.3 is 10.2 Å². The lowest BCUT2D eigenvalue weighted by Crippen LogP contribution is -2.44. The number of rotatable bonds is 5. The molecule has 0 aromatic heterocycles. The van der Waals surface area contributed by atoms with Crippen LogP contribution < -0.4 is 10.2 Å². The normalized spacial score (nSPS) is 18.5. The Morgan fingerprint density at radius 3 is 2.50 bits per heavy atom. The van der Waals surface area contributed by atoms with E-state index < -0.39 is 9.84 Å². The van der Waals surface area contributed by atoms with Crippen molar-refractivity contribution in [3.8, 4) is 0 Å². The fourth-order valence-corrected chi connectivity index (χ4v) is 5.02. The maximum absolute atomic E-state index is 13.0. The summed E-state index contributed by atoms with van der Waals surface area (Å²) in [6.45, 7) is 4.17. The molecule has 1 heterocycles. The molecule has 1 N–H and O–H groups in total. The average molecular weight is 372 g/mol. The van der Waals surface area contributed by atoms with E-state index in [4.69, 9.17) is 0 Å². The van der Waals surface area contributed by atoms with E-state index in [0.717, 1.165) is 22.5 Å². The predicted octanol–water partition coefficient (Wildman–Crippen LogP) is 2.94. The van der Waals surface area contributed by atoms with Crippen molar-refractivity contribution in [2.75, 3.05) is 28.3 Å². The van der Waals surface area contributed by atoms with Crippen LogP contribution in [0.15, 0.2) is 48.5 Å². The molecule has 2 aromatic rings. The predicted molar refractivity (Wildman–Crippen MR) is 105 cm³/mol. The number of hydrogen-bond donors (Lipinski definition) is 1. The molecule has 2 aromatic carbocycles. The summed E-state index contributed by atoms with van der Waals surface area (Å²) in [5.41, 5.74) is 3.92. The molecule has 5 nitrogen and oxygen atoms in total. The minimum Gasteiger partial charge on any atom is -0.376 e. The minimum absolute atomic E-state index is 0.0249.